The van der Waals surface area contributed by atoms with Gasteiger partial charge in [-0.1, -0.05) is 0 Å². The lowest BCUT2D eigenvalue weighted by molar-refractivity contribution is -0.0595. The van der Waals surface area contributed by atoms with E-state index in [9.17, 15) is 13.6 Å². The first-order chi connectivity index (χ1) is 20.9. The number of imidazole rings is 1. The molecule has 2 atom stereocenters. The van der Waals surface area contributed by atoms with Gasteiger partial charge in [0, 0.05) is 38.0 Å². The number of esters is 1. The van der Waals surface area contributed by atoms with Gasteiger partial charge in [0.15, 0.2) is 17.4 Å². The summed E-state index contributed by atoms with van der Waals surface area (Å²) in [6.45, 7) is 5.11. The zero-order valence-electron chi connectivity index (χ0n) is 24.0. The number of hydrogen-bond donors (Lipinski definition) is 0. The molecule has 0 aliphatic carbocycles. The van der Waals surface area contributed by atoms with Crippen molar-refractivity contribution in [1.29, 1.82) is 0 Å². The Kier molecular flexibility index (Phi) is 8.48. The van der Waals surface area contributed by atoms with E-state index in [1.54, 1.807) is 18.3 Å². The van der Waals surface area contributed by atoms with Gasteiger partial charge in [-0.15, -0.1) is 0 Å². The Morgan fingerprint density at radius 1 is 1.09 bits per heavy atom. The van der Waals surface area contributed by atoms with E-state index >= 15 is 0 Å². The summed E-state index contributed by atoms with van der Waals surface area (Å²) >= 11 is 0. The van der Waals surface area contributed by atoms with Crippen molar-refractivity contribution in [2.75, 3.05) is 26.8 Å². The maximum atomic E-state index is 13.9. The van der Waals surface area contributed by atoms with Crippen molar-refractivity contribution in [1.82, 2.24) is 24.4 Å². The van der Waals surface area contributed by atoms with E-state index in [1.807, 2.05) is 12.1 Å². The van der Waals surface area contributed by atoms with Crippen molar-refractivity contribution in [3.05, 3.63) is 77.5 Å². The Labute approximate surface area is 247 Å². The van der Waals surface area contributed by atoms with Gasteiger partial charge in [-0.25, -0.2) is 23.5 Å². The largest absolute Gasteiger partial charge is 0.483 e. The van der Waals surface area contributed by atoms with E-state index in [0.29, 0.717) is 23.8 Å². The molecule has 0 radical (unpaired) electrons. The van der Waals surface area contributed by atoms with Crippen LogP contribution >= 0.6 is 0 Å². The molecule has 6 rings (SSSR count). The Bertz CT molecular complexity index is 1600. The first-order valence-corrected chi connectivity index (χ1v) is 14.4. The number of carbonyl (C=O) groups is 1. The summed E-state index contributed by atoms with van der Waals surface area (Å²) in [6, 6.07) is 10.3. The van der Waals surface area contributed by atoms with Crippen molar-refractivity contribution in [2.24, 2.45) is 0 Å². The molecule has 4 heterocycles. The summed E-state index contributed by atoms with van der Waals surface area (Å²) in [7, 11) is 1.38. The maximum absolute atomic E-state index is 13.9. The number of aromatic nitrogens is 4. The molecule has 2 aliphatic heterocycles. The van der Waals surface area contributed by atoms with Crippen molar-refractivity contribution >= 4 is 17.0 Å². The predicted octanol–water partition coefficient (Wildman–Crippen LogP) is 4.86. The molecule has 0 N–H and O–H groups in total. The van der Waals surface area contributed by atoms with E-state index in [1.165, 1.54) is 13.2 Å². The molecule has 0 amide bonds. The molecule has 2 fully saturated rings. The van der Waals surface area contributed by atoms with Crippen molar-refractivity contribution in [3.63, 3.8) is 0 Å². The number of methoxy groups -OCH3 is 1. The second-order valence-electron chi connectivity index (χ2n) is 10.8. The fourth-order valence-electron chi connectivity index (χ4n) is 5.49. The van der Waals surface area contributed by atoms with Gasteiger partial charge in [0.05, 0.1) is 42.4 Å². The molecule has 2 aromatic heterocycles. The number of likely N-dealkylation sites (tertiary alicyclic amines) is 1. The standard InChI is InChI=1S/C31H33F2N5O5/c1-19(30-35-25-5-3-20(31(39)40-2)15-26(25)38(30)17-23-10-14-41-23)37-12-8-22(9-13-37)43-29-7-11-34-28(36-29)18-42-27-6-4-21(32)16-24(27)33/h3-7,11,15-16,19,22-23H,8-10,12-14,17-18H2,1-2H3/t19?,23-/m0/s1. The Morgan fingerprint density at radius 2 is 1.91 bits per heavy atom. The first-order valence-electron chi connectivity index (χ1n) is 14.4. The molecule has 1 unspecified atom stereocenters. The minimum atomic E-state index is -0.786. The molecular weight excluding hydrogens is 560 g/mol. The first kappa shape index (κ1) is 28.9. The van der Waals surface area contributed by atoms with Crippen LogP contribution in [0, 0.1) is 11.6 Å². The molecule has 2 saturated heterocycles. The quantitative estimate of drug-likeness (QED) is 0.239. The van der Waals surface area contributed by atoms with Crippen LogP contribution in [-0.4, -0.2) is 69.4 Å². The Balaban J connectivity index is 1.10. The number of carbonyl (C=O) groups excluding carboxylic acids is 1. The van der Waals surface area contributed by atoms with Gasteiger partial charge >= 0.3 is 5.97 Å². The summed E-state index contributed by atoms with van der Waals surface area (Å²) in [5.74, 6) is -0.226. The van der Waals surface area contributed by atoms with E-state index in [2.05, 4.69) is 26.4 Å². The molecule has 0 bridgehead atoms. The second-order valence-corrected chi connectivity index (χ2v) is 10.8. The smallest absolute Gasteiger partial charge is 0.337 e. The van der Waals surface area contributed by atoms with E-state index in [-0.39, 0.29) is 36.6 Å². The third kappa shape index (κ3) is 6.45. The van der Waals surface area contributed by atoms with Gasteiger partial charge in [0.25, 0.3) is 0 Å². The van der Waals surface area contributed by atoms with Crippen LogP contribution in [0.4, 0.5) is 8.78 Å². The highest BCUT2D eigenvalue weighted by molar-refractivity contribution is 5.93. The molecule has 2 aromatic carbocycles. The van der Waals surface area contributed by atoms with Gasteiger partial charge in [-0.3, -0.25) is 4.90 Å². The number of rotatable bonds is 10. The number of fused-ring (bicyclic) bond motifs is 1. The van der Waals surface area contributed by atoms with Crippen LogP contribution in [0.5, 0.6) is 11.6 Å². The summed E-state index contributed by atoms with van der Waals surface area (Å²) in [6.07, 6.45) is 4.24. The molecule has 10 nitrogen and oxygen atoms in total. The van der Waals surface area contributed by atoms with Gasteiger partial charge < -0.3 is 23.5 Å². The Morgan fingerprint density at radius 3 is 2.63 bits per heavy atom. The normalized spacial score (nSPS) is 18.3. The average Bonchev–Trinajstić information content (AvgIpc) is 3.36. The van der Waals surface area contributed by atoms with Crippen molar-refractivity contribution in [2.45, 2.75) is 57.6 Å². The number of benzene rings is 2. The van der Waals surface area contributed by atoms with Gasteiger partial charge in [-0.2, -0.15) is 4.98 Å². The number of piperidine rings is 1. The number of ether oxygens (including phenoxy) is 4. The number of nitrogens with zero attached hydrogens (tertiary/aromatic N) is 5. The molecule has 0 saturated carbocycles. The fourth-order valence-corrected chi connectivity index (χ4v) is 5.49. The van der Waals surface area contributed by atoms with E-state index in [4.69, 9.17) is 23.9 Å². The zero-order chi connectivity index (χ0) is 29.9. The molecule has 226 valence electrons. The van der Waals surface area contributed by atoms with E-state index < -0.39 is 11.6 Å². The lowest BCUT2D eigenvalue weighted by Gasteiger charge is -2.36. The van der Waals surface area contributed by atoms with Gasteiger partial charge in [0.2, 0.25) is 5.88 Å². The fraction of sp³-hybridized carbons (Fsp3) is 0.419. The minimum Gasteiger partial charge on any atom is -0.483 e. The maximum Gasteiger partial charge on any atom is 0.337 e. The summed E-state index contributed by atoms with van der Waals surface area (Å²) < 4.78 is 51.5. The molecule has 12 heteroatoms. The highest BCUT2D eigenvalue weighted by Gasteiger charge is 2.30. The minimum absolute atomic E-state index is 0.0321. The van der Waals surface area contributed by atoms with Crippen LogP contribution in [0.2, 0.25) is 0 Å². The molecular formula is C31H33F2N5O5. The molecule has 0 spiro atoms. The zero-order valence-corrected chi connectivity index (χ0v) is 24.0. The summed E-state index contributed by atoms with van der Waals surface area (Å²) in [4.78, 5) is 28.2. The number of hydrogen-bond acceptors (Lipinski definition) is 9. The highest BCUT2D eigenvalue weighted by atomic mass is 19.1. The van der Waals surface area contributed by atoms with Crippen LogP contribution in [0.3, 0.4) is 0 Å². The van der Waals surface area contributed by atoms with Crippen LogP contribution in [0.25, 0.3) is 11.0 Å². The van der Waals surface area contributed by atoms with Gasteiger partial charge in [-0.05, 0) is 56.5 Å². The lowest BCUT2D eigenvalue weighted by atomic mass is 10.1. The Hall–Kier alpha value is -4.16. The van der Waals surface area contributed by atoms with E-state index in [0.717, 1.165) is 67.9 Å². The number of halogens is 2. The van der Waals surface area contributed by atoms with Crippen LogP contribution < -0.4 is 9.47 Å². The summed E-state index contributed by atoms with van der Waals surface area (Å²) in [5, 5.41) is 0. The third-order valence-electron chi connectivity index (χ3n) is 7.99. The molecule has 43 heavy (non-hydrogen) atoms. The lowest BCUT2D eigenvalue weighted by Crippen LogP contribution is -2.41. The van der Waals surface area contributed by atoms with Crippen molar-refractivity contribution < 1.29 is 32.5 Å². The van der Waals surface area contributed by atoms with Gasteiger partial charge in [0.1, 0.15) is 24.4 Å². The molecule has 2 aliphatic rings. The van der Waals surface area contributed by atoms with Crippen molar-refractivity contribution in [3.8, 4) is 11.6 Å². The summed E-state index contributed by atoms with van der Waals surface area (Å²) in [5.41, 5.74) is 2.21. The SMILES string of the molecule is COC(=O)c1ccc2nc(C(C)N3CCC(Oc4ccnc(COc5ccc(F)cc5F)n4)CC3)n(C[C@@H]3CCO3)c2c1. The van der Waals surface area contributed by atoms with Crippen LogP contribution in [-0.2, 0) is 22.6 Å². The van der Waals surface area contributed by atoms with Crippen LogP contribution in [0.1, 0.15) is 54.2 Å². The third-order valence-corrected chi connectivity index (χ3v) is 7.99. The topological polar surface area (TPSA) is 101 Å². The monoisotopic (exact) mass is 593 g/mol. The highest BCUT2D eigenvalue weighted by Crippen LogP contribution is 2.30. The van der Waals surface area contributed by atoms with Crippen LogP contribution in [0.15, 0.2) is 48.7 Å². The average molecular weight is 594 g/mol. The second kappa shape index (κ2) is 12.6. The predicted molar refractivity (Wildman–Crippen MR) is 152 cm³/mol. The molecule has 4 aromatic rings.